The minimum atomic E-state index is -4.38. The molecule has 0 bridgehead atoms. The summed E-state index contributed by atoms with van der Waals surface area (Å²) in [4.78, 5) is 13.8. The highest BCUT2D eigenvalue weighted by Gasteiger charge is 2.31. The molecule has 2 aromatic rings. The zero-order chi connectivity index (χ0) is 17.9. The van der Waals surface area contributed by atoms with Gasteiger partial charge < -0.3 is 4.74 Å². The zero-order valence-corrected chi connectivity index (χ0v) is 13.2. The SMILES string of the molecule is O=C(OCc1ccccc1)N1CC=CC1c1ccc(C(F)(F)F)cc1. The Balaban J connectivity index is 1.67. The van der Waals surface area contributed by atoms with Crippen LogP contribution in [0.5, 0.6) is 0 Å². The predicted molar refractivity (Wildman–Crippen MR) is 86.7 cm³/mol. The molecule has 1 atom stereocenters. The van der Waals surface area contributed by atoms with Gasteiger partial charge in [-0.05, 0) is 23.3 Å². The highest BCUT2D eigenvalue weighted by Crippen LogP contribution is 2.32. The van der Waals surface area contributed by atoms with Gasteiger partial charge in [-0.1, -0.05) is 54.6 Å². The van der Waals surface area contributed by atoms with E-state index in [0.29, 0.717) is 12.1 Å². The van der Waals surface area contributed by atoms with Crippen molar-refractivity contribution in [3.05, 3.63) is 83.4 Å². The lowest BCUT2D eigenvalue weighted by molar-refractivity contribution is -0.137. The van der Waals surface area contributed by atoms with E-state index in [4.69, 9.17) is 4.74 Å². The van der Waals surface area contributed by atoms with Gasteiger partial charge in [0.15, 0.2) is 0 Å². The van der Waals surface area contributed by atoms with Crippen LogP contribution < -0.4 is 0 Å². The third-order valence-electron chi connectivity index (χ3n) is 3.98. The average molecular weight is 347 g/mol. The van der Waals surface area contributed by atoms with Crippen LogP contribution in [0.4, 0.5) is 18.0 Å². The smallest absolute Gasteiger partial charge is 0.416 e. The van der Waals surface area contributed by atoms with E-state index in [1.54, 1.807) is 12.2 Å². The third-order valence-corrected chi connectivity index (χ3v) is 3.98. The van der Waals surface area contributed by atoms with Crippen LogP contribution in [-0.4, -0.2) is 17.5 Å². The van der Waals surface area contributed by atoms with Crippen LogP contribution in [0, 0.1) is 0 Å². The van der Waals surface area contributed by atoms with E-state index >= 15 is 0 Å². The molecule has 0 N–H and O–H groups in total. The molecule has 130 valence electrons. The number of rotatable bonds is 3. The summed E-state index contributed by atoms with van der Waals surface area (Å²) >= 11 is 0. The van der Waals surface area contributed by atoms with Gasteiger partial charge in [0.05, 0.1) is 11.6 Å². The molecule has 1 aliphatic heterocycles. The molecule has 25 heavy (non-hydrogen) atoms. The third kappa shape index (κ3) is 4.02. The van der Waals surface area contributed by atoms with Gasteiger partial charge in [-0.15, -0.1) is 0 Å². The Morgan fingerprint density at radius 2 is 1.76 bits per heavy atom. The van der Waals surface area contributed by atoms with E-state index in [-0.39, 0.29) is 6.61 Å². The van der Waals surface area contributed by atoms with Crippen LogP contribution in [0.15, 0.2) is 66.7 Å². The zero-order valence-electron chi connectivity index (χ0n) is 13.2. The summed E-state index contributed by atoms with van der Waals surface area (Å²) in [5.74, 6) is 0. The number of ether oxygens (including phenoxy) is 1. The quantitative estimate of drug-likeness (QED) is 0.735. The Morgan fingerprint density at radius 3 is 2.40 bits per heavy atom. The number of carbonyl (C=O) groups excluding carboxylic acids is 1. The van der Waals surface area contributed by atoms with Crippen LogP contribution in [0.3, 0.4) is 0 Å². The summed E-state index contributed by atoms with van der Waals surface area (Å²) in [6.45, 7) is 0.509. The lowest BCUT2D eigenvalue weighted by Crippen LogP contribution is -2.31. The summed E-state index contributed by atoms with van der Waals surface area (Å²) in [7, 11) is 0. The monoisotopic (exact) mass is 347 g/mol. The van der Waals surface area contributed by atoms with Crippen LogP contribution in [0.1, 0.15) is 22.7 Å². The van der Waals surface area contributed by atoms with E-state index in [0.717, 1.165) is 17.7 Å². The lowest BCUT2D eigenvalue weighted by Gasteiger charge is -2.24. The molecular weight excluding hydrogens is 331 g/mol. The molecule has 0 aromatic heterocycles. The Hall–Kier alpha value is -2.76. The minimum Gasteiger partial charge on any atom is -0.445 e. The first kappa shape index (κ1) is 17.1. The molecule has 0 fully saturated rings. The molecule has 1 unspecified atom stereocenters. The summed E-state index contributed by atoms with van der Waals surface area (Å²) in [5, 5.41) is 0. The number of alkyl halides is 3. The van der Waals surface area contributed by atoms with Crippen LogP contribution in [0.25, 0.3) is 0 Å². The average Bonchev–Trinajstić information content (AvgIpc) is 3.10. The minimum absolute atomic E-state index is 0.149. The van der Waals surface area contributed by atoms with Crippen molar-refractivity contribution in [2.45, 2.75) is 18.8 Å². The topological polar surface area (TPSA) is 29.5 Å². The Morgan fingerprint density at radius 1 is 1.08 bits per heavy atom. The highest BCUT2D eigenvalue weighted by molar-refractivity contribution is 5.69. The number of carbonyl (C=O) groups is 1. The Bertz CT molecular complexity index is 754. The number of hydrogen-bond acceptors (Lipinski definition) is 2. The van der Waals surface area contributed by atoms with Gasteiger partial charge in [-0.25, -0.2) is 4.79 Å². The highest BCUT2D eigenvalue weighted by atomic mass is 19.4. The maximum absolute atomic E-state index is 12.7. The van der Waals surface area contributed by atoms with Crippen LogP contribution in [-0.2, 0) is 17.5 Å². The first-order valence-corrected chi connectivity index (χ1v) is 7.76. The second kappa shape index (κ2) is 7.01. The van der Waals surface area contributed by atoms with Crippen molar-refractivity contribution < 1.29 is 22.7 Å². The molecule has 2 aromatic carbocycles. The summed E-state index contributed by atoms with van der Waals surface area (Å²) in [6.07, 6.45) is -1.30. The van der Waals surface area contributed by atoms with E-state index in [9.17, 15) is 18.0 Å². The van der Waals surface area contributed by atoms with Crippen molar-refractivity contribution in [2.75, 3.05) is 6.54 Å². The summed E-state index contributed by atoms with van der Waals surface area (Å²) < 4.78 is 43.3. The van der Waals surface area contributed by atoms with E-state index in [1.165, 1.54) is 17.0 Å². The van der Waals surface area contributed by atoms with Crippen molar-refractivity contribution in [2.24, 2.45) is 0 Å². The molecule has 3 nitrogen and oxygen atoms in total. The molecular formula is C19H16F3NO2. The summed E-state index contributed by atoms with van der Waals surface area (Å²) in [6, 6.07) is 13.7. The second-order valence-corrected chi connectivity index (χ2v) is 5.69. The molecule has 1 aliphatic rings. The predicted octanol–water partition coefficient (Wildman–Crippen LogP) is 4.96. The first-order chi connectivity index (χ1) is 11.9. The van der Waals surface area contributed by atoms with Gasteiger partial charge >= 0.3 is 12.3 Å². The standard InChI is InChI=1S/C19H16F3NO2/c20-19(21,22)16-10-8-15(9-11-16)17-7-4-12-23(17)18(24)25-13-14-5-2-1-3-6-14/h1-11,17H,12-13H2. The Kier molecular flexibility index (Phi) is 4.79. The lowest BCUT2D eigenvalue weighted by atomic mass is 10.0. The number of benzene rings is 2. The second-order valence-electron chi connectivity index (χ2n) is 5.69. The molecule has 0 radical (unpaired) electrons. The molecule has 1 amide bonds. The molecule has 0 saturated carbocycles. The number of halogens is 3. The van der Waals surface area contributed by atoms with Crippen LogP contribution >= 0.6 is 0 Å². The fraction of sp³-hybridized carbons (Fsp3) is 0.211. The fourth-order valence-corrected chi connectivity index (χ4v) is 2.67. The van der Waals surface area contributed by atoms with E-state index < -0.39 is 23.9 Å². The van der Waals surface area contributed by atoms with Crippen molar-refractivity contribution in [1.82, 2.24) is 4.90 Å². The largest absolute Gasteiger partial charge is 0.445 e. The van der Waals surface area contributed by atoms with Gasteiger partial charge in [0, 0.05) is 6.54 Å². The number of amides is 1. The summed E-state index contributed by atoms with van der Waals surface area (Å²) in [5.41, 5.74) is 0.768. The van der Waals surface area contributed by atoms with Crippen molar-refractivity contribution >= 4 is 6.09 Å². The Labute approximate surface area is 143 Å². The van der Waals surface area contributed by atoms with Crippen LogP contribution in [0.2, 0.25) is 0 Å². The maximum Gasteiger partial charge on any atom is 0.416 e. The van der Waals surface area contributed by atoms with Gasteiger partial charge in [0.1, 0.15) is 6.61 Å². The molecule has 0 spiro atoms. The van der Waals surface area contributed by atoms with Crippen molar-refractivity contribution in [3.63, 3.8) is 0 Å². The first-order valence-electron chi connectivity index (χ1n) is 7.76. The van der Waals surface area contributed by atoms with Gasteiger partial charge in [-0.2, -0.15) is 13.2 Å². The molecule has 0 aliphatic carbocycles. The number of hydrogen-bond donors (Lipinski definition) is 0. The van der Waals surface area contributed by atoms with Crippen molar-refractivity contribution in [1.29, 1.82) is 0 Å². The van der Waals surface area contributed by atoms with Gasteiger partial charge in [0.2, 0.25) is 0 Å². The van der Waals surface area contributed by atoms with E-state index in [2.05, 4.69) is 0 Å². The molecule has 0 saturated heterocycles. The molecule has 6 heteroatoms. The van der Waals surface area contributed by atoms with Gasteiger partial charge in [-0.3, -0.25) is 4.90 Å². The van der Waals surface area contributed by atoms with Crippen molar-refractivity contribution in [3.8, 4) is 0 Å². The normalized spacial score (nSPS) is 16.9. The van der Waals surface area contributed by atoms with E-state index in [1.807, 2.05) is 30.3 Å². The maximum atomic E-state index is 12.7. The molecule has 1 heterocycles. The van der Waals surface area contributed by atoms with Gasteiger partial charge in [0.25, 0.3) is 0 Å². The molecule has 3 rings (SSSR count). The number of nitrogens with zero attached hydrogens (tertiary/aromatic N) is 1. The fourth-order valence-electron chi connectivity index (χ4n) is 2.67.